The van der Waals surface area contributed by atoms with Crippen molar-refractivity contribution in [3.05, 3.63) is 29.8 Å². The number of nitrogens with one attached hydrogen (secondary N) is 1. The molecule has 8 heteroatoms. The highest BCUT2D eigenvalue weighted by molar-refractivity contribution is 8.02. The highest BCUT2D eigenvalue weighted by Crippen LogP contribution is 2.33. The fourth-order valence-corrected chi connectivity index (χ4v) is 5.80. The molecule has 1 fully saturated rings. The quantitative estimate of drug-likeness (QED) is 0.593. The summed E-state index contributed by atoms with van der Waals surface area (Å²) in [6.07, 6.45) is 5.58. The molecule has 1 N–H and O–H groups in total. The number of rotatable bonds is 6. The van der Waals surface area contributed by atoms with Gasteiger partial charge in [-0.25, -0.2) is 13.2 Å². The topological polar surface area (TPSA) is 89.5 Å². The lowest BCUT2D eigenvalue weighted by Crippen LogP contribution is -2.29. The first-order valence-electron chi connectivity index (χ1n) is 7.24. The molecule has 1 amide bonds. The maximum absolute atomic E-state index is 12.2. The molecule has 6 nitrogen and oxygen atoms in total. The lowest BCUT2D eigenvalue weighted by Gasteiger charge is -2.12. The summed E-state index contributed by atoms with van der Waals surface area (Å²) in [5.74, 6) is 1.42. The summed E-state index contributed by atoms with van der Waals surface area (Å²) in [7, 11) is -2.99. The first-order chi connectivity index (χ1) is 11.4. The van der Waals surface area contributed by atoms with Gasteiger partial charge in [0.05, 0.1) is 23.6 Å². The van der Waals surface area contributed by atoms with Gasteiger partial charge in [0, 0.05) is 10.1 Å². The second-order valence-electron chi connectivity index (χ2n) is 5.20. The summed E-state index contributed by atoms with van der Waals surface area (Å²) in [6.45, 7) is -0.351. The molecule has 1 heterocycles. The van der Waals surface area contributed by atoms with Crippen molar-refractivity contribution in [3.8, 4) is 12.3 Å². The molecule has 1 aliphatic heterocycles. The third-order valence-corrected chi connectivity index (χ3v) is 6.64. The molecule has 128 valence electrons. The van der Waals surface area contributed by atoms with Crippen molar-refractivity contribution in [1.82, 2.24) is 5.32 Å². The van der Waals surface area contributed by atoms with Crippen LogP contribution in [0, 0.1) is 12.3 Å². The Morgan fingerprint density at radius 1 is 1.38 bits per heavy atom. The number of hydrogen-bond donors (Lipinski definition) is 1. The highest BCUT2D eigenvalue weighted by atomic mass is 32.2. The molecular weight excluding hydrogens is 350 g/mol. The van der Waals surface area contributed by atoms with E-state index in [-0.39, 0.29) is 23.3 Å². The SMILES string of the molecule is C#CCNC(=O)COC(=O)c1ccccc1S[C@@H]1CCS(=O)(=O)C1. The van der Waals surface area contributed by atoms with E-state index >= 15 is 0 Å². The summed E-state index contributed by atoms with van der Waals surface area (Å²) in [5.41, 5.74) is 0.316. The number of carbonyl (C=O) groups is 2. The fourth-order valence-electron chi connectivity index (χ4n) is 2.18. The number of ether oxygens (including phenoxy) is 1. The number of amides is 1. The Bertz CT molecular complexity index is 767. The van der Waals surface area contributed by atoms with Crippen molar-refractivity contribution in [2.75, 3.05) is 24.7 Å². The van der Waals surface area contributed by atoms with Crippen LogP contribution in [0.1, 0.15) is 16.8 Å². The molecule has 24 heavy (non-hydrogen) atoms. The van der Waals surface area contributed by atoms with E-state index in [0.29, 0.717) is 16.9 Å². The maximum atomic E-state index is 12.2. The summed E-state index contributed by atoms with van der Waals surface area (Å²) in [4.78, 5) is 24.2. The van der Waals surface area contributed by atoms with Gasteiger partial charge in [-0.2, -0.15) is 0 Å². The van der Waals surface area contributed by atoms with E-state index in [9.17, 15) is 18.0 Å². The zero-order valence-electron chi connectivity index (χ0n) is 12.9. The van der Waals surface area contributed by atoms with Crippen LogP contribution in [0.3, 0.4) is 0 Å². The zero-order valence-corrected chi connectivity index (χ0v) is 14.5. The lowest BCUT2D eigenvalue weighted by atomic mass is 10.2. The summed E-state index contributed by atoms with van der Waals surface area (Å²) in [5, 5.41) is 2.32. The van der Waals surface area contributed by atoms with E-state index in [2.05, 4.69) is 11.2 Å². The molecule has 1 aromatic rings. The summed E-state index contributed by atoms with van der Waals surface area (Å²) in [6, 6.07) is 6.78. The molecule has 0 unspecified atom stereocenters. The highest BCUT2D eigenvalue weighted by Gasteiger charge is 2.29. The zero-order chi connectivity index (χ0) is 17.6. The number of hydrogen-bond acceptors (Lipinski definition) is 6. The first kappa shape index (κ1) is 18.4. The van der Waals surface area contributed by atoms with Gasteiger partial charge in [-0.1, -0.05) is 18.1 Å². The van der Waals surface area contributed by atoms with Crippen LogP contribution in [-0.2, 0) is 19.4 Å². The first-order valence-corrected chi connectivity index (χ1v) is 9.95. The van der Waals surface area contributed by atoms with Gasteiger partial charge in [0.1, 0.15) is 0 Å². The predicted octanol–water partition coefficient (Wildman–Crippen LogP) is 0.872. The molecule has 2 rings (SSSR count). The van der Waals surface area contributed by atoms with Crippen LogP contribution in [0.5, 0.6) is 0 Å². The largest absolute Gasteiger partial charge is 0.452 e. The van der Waals surface area contributed by atoms with E-state index in [1.165, 1.54) is 11.8 Å². The molecule has 0 bridgehead atoms. The second-order valence-corrected chi connectivity index (χ2v) is 8.77. The Hall–Kier alpha value is -1.98. The minimum atomic E-state index is -2.99. The van der Waals surface area contributed by atoms with Gasteiger partial charge >= 0.3 is 5.97 Å². The molecule has 1 saturated heterocycles. The third-order valence-electron chi connectivity index (χ3n) is 3.31. The molecule has 0 aliphatic carbocycles. The molecule has 0 aromatic heterocycles. The number of esters is 1. The van der Waals surface area contributed by atoms with Crippen LogP contribution in [0.15, 0.2) is 29.2 Å². The number of benzene rings is 1. The smallest absolute Gasteiger partial charge is 0.339 e. The van der Waals surface area contributed by atoms with Crippen molar-refractivity contribution in [2.24, 2.45) is 0 Å². The van der Waals surface area contributed by atoms with Crippen molar-refractivity contribution >= 4 is 33.5 Å². The van der Waals surface area contributed by atoms with E-state index in [4.69, 9.17) is 11.2 Å². The Labute approximate surface area is 145 Å². The average molecular weight is 367 g/mol. The van der Waals surface area contributed by atoms with Crippen LogP contribution in [0.4, 0.5) is 0 Å². The fraction of sp³-hybridized carbons (Fsp3) is 0.375. The molecule has 1 aromatic carbocycles. The normalized spacial score (nSPS) is 18.5. The summed E-state index contributed by atoms with van der Waals surface area (Å²) < 4.78 is 28.1. The van der Waals surface area contributed by atoms with Crippen LogP contribution in [-0.4, -0.2) is 50.2 Å². The van der Waals surface area contributed by atoms with Crippen molar-refractivity contribution in [3.63, 3.8) is 0 Å². The van der Waals surface area contributed by atoms with E-state index in [1.807, 2.05) is 0 Å². The number of terminal acetylenes is 1. The third kappa shape index (κ3) is 5.28. The second kappa shape index (κ2) is 8.22. The van der Waals surface area contributed by atoms with Gasteiger partial charge in [0.2, 0.25) is 0 Å². The molecule has 1 atom stereocenters. The van der Waals surface area contributed by atoms with Crippen molar-refractivity contribution in [1.29, 1.82) is 0 Å². The van der Waals surface area contributed by atoms with Crippen LogP contribution in [0.25, 0.3) is 0 Å². The number of carbonyl (C=O) groups excluding carboxylic acids is 2. The summed E-state index contributed by atoms with van der Waals surface area (Å²) >= 11 is 1.35. The van der Waals surface area contributed by atoms with Crippen LogP contribution < -0.4 is 5.32 Å². The maximum Gasteiger partial charge on any atom is 0.339 e. The monoisotopic (exact) mass is 367 g/mol. The number of sulfone groups is 1. The minimum Gasteiger partial charge on any atom is -0.452 e. The van der Waals surface area contributed by atoms with Crippen LogP contribution >= 0.6 is 11.8 Å². The Kier molecular flexibility index (Phi) is 6.29. The minimum absolute atomic E-state index is 0.0684. The van der Waals surface area contributed by atoms with E-state index in [0.717, 1.165) is 0 Å². The Morgan fingerprint density at radius 2 is 2.12 bits per heavy atom. The lowest BCUT2D eigenvalue weighted by molar-refractivity contribution is -0.123. The van der Waals surface area contributed by atoms with Crippen molar-refractivity contribution < 1.29 is 22.7 Å². The van der Waals surface area contributed by atoms with Gasteiger partial charge in [0.25, 0.3) is 5.91 Å². The molecule has 0 spiro atoms. The van der Waals surface area contributed by atoms with Gasteiger partial charge in [-0.05, 0) is 18.6 Å². The van der Waals surface area contributed by atoms with E-state index < -0.39 is 28.3 Å². The van der Waals surface area contributed by atoms with Crippen molar-refractivity contribution in [2.45, 2.75) is 16.6 Å². The van der Waals surface area contributed by atoms with Crippen LogP contribution in [0.2, 0.25) is 0 Å². The van der Waals surface area contributed by atoms with Gasteiger partial charge < -0.3 is 10.1 Å². The number of thioether (sulfide) groups is 1. The van der Waals surface area contributed by atoms with Gasteiger partial charge in [-0.15, -0.1) is 18.2 Å². The Balaban J connectivity index is 1.99. The molecule has 0 saturated carbocycles. The molecule has 0 radical (unpaired) electrons. The van der Waals surface area contributed by atoms with Gasteiger partial charge in [0.15, 0.2) is 16.4 Å². The molecule has 1 aliphatic rings. The molecular formula is C16H17NO5S2. The average Bonchev–Trinajstić information content (AvgIpc) is 2.89. The van der Waals surface area contributed by atoms with E-state index in [1.54, 1.807) is 24.3 Å². The van der Waals surface area contributed by atoms with Gasteiger partial charge in [-0.3, -0.25) is 4.79 Å². The Morgan fingerprint density at radius 3 is 2.79 bits per heavy atom. The predicted molar refractivity (Wildman–Crippen MR) is 91.5 cm³/mol. The standard InChI is InChI=1S/C16H17NO5S2/c1-2-8-17-15(18)10-22-16(19)13-5-3-4-6-14(13)23-12-7-9-24(20,21)11-12/h1,3-6,12H,7-11H2,(H,17,18)/t12-/m1/s1.